The fourth-order valence-electron chi connectivity index (χ4n) is 7.90. The Labute approximate surface area is 301 Å². The summed E-state index contributed by atoms with van der Waals surface area (Å²) < 4.78 is 32.9. The first-order valence-electron chi connectivity index (χ1n) is 17.7. The molecule has 1 saturated heterocycles. The van der Waals surface area contributed by atoms with Gasteiger partial charge in [0, 0.05) is 63.5 Å². The van der Waals surface area contributed by atoms with Crippen molar-refractivity contribution in [2.24, 2.45) is 0 Å². The highest BCUT2D eigenvalue weighted by Crippen LogP contribution is 2.57. The normalized spacial score (nSPS) is 18.4. The molecule has 5 heterocycles. The van der Waals surface area contributed by atoms with Crippen molar-refractivity contribution in [2.45, 2.75) is 69.7 Å². The molecule has 0 radical (unpaired) electrons. The van der Waals surface area contributed by atoms with Crippen molar-refractivity contribution in [2.75, 3.05) is 46.1 Å². The van der Waals surface area contributed by atoms with E-state index in [-0.39, 0.29) is 43.1 Å². The van der Waals surface area contributed by atoms with Gasteiger partial charge >= 0.3 is 0 Å². The maximum atomic E-state index is 14.6. The Hall–Kier alpha value is -4.95. The molecule has 7 rings (SSSR count). The minimum atomic E-state index is -2.79. The fourth-order valence-corrected chi connectivity index (χ4v) is 7.90. The number of likely N-dealkylation sites (tertiary alicyclic amines) is 1. The minimum Gasteiger partial charge on any atom is -0.345 e. The van der Waals surface area contributed by atoms with Crippen LogP contribution in [0, 0.1) is 6.92 Å². The number of alkyl halides is 2. The molecule has 4 aromatic rings. The number of benzene rings is 1. The Bertz CT molecular complexity index is 1950. The Morgan fingerprint density at radius 1 is 0.923 bits per heavy atom. The van der Waals surface area contributed by atoms with Crippen LogP contribution in [0.25, 0.3) is 0 Å². The molecule has 12 nitrogen and oxygen atoms in total. The number of nitrogens with zero attached hydrogens (tertiary/aromatic N) is 7. The van der Waals surface area contributed by atoms with E-state index in [0.717, 1.165) is 37.2 Å². The number of carbonyl (C=O) groups is 3. The Morgan fingerprint density at radius 2 is 1.65 bits per heavy atom. The van der Waals surface area contributed by atoms with Gasteiger partial charge < -0.3 is 25.0 Å². The molecule has 2 N–H and O–H groups in total. The summed E-state index contributed by atoms with van der Waals surface area (Å²) in [6.07, 6.45) is 4.51. The zero-order valence-electron chi connectivity index (χ0n) is 30.0. The molecule has 2 fully saturated rings. The fraction of sp³-hybridized carbons (Fsp3) is 0.447. The van der Waals surface area contributed by atoms with E-state index in [1.165, 1.54) is 4.90 Å². The summed E-state index contributed by atoms with van der Waals surface area (Å²) in [5.74, 6) is -3.47. The van der Waals surface area contributed by atoms with Crippen molar-refractivity contribution in [1.29, 1.82) is 0 Å². The summed E-state index contributed by atoms with van der Waals surface area (Å²) in [7, 11) is 5.50. The summed E-state index contributed by atoms with van der Waals surface area (Å²) >= 11 is 0. The molecule has 52 heavy (non-hydrogen) atoms. The monoisotopic (exact) mass is 713 g/mol. The number of piperidine rings is 1. The predicted molar refractivity (Wildman–Crippen MR) is 191 cm³/mol. The van der Waals surface area contributed by atoms with E-state index in [0.29, 0.717) is 53.5 Å². The number of rotatable bonds is 9. The van der Waals surface area contributed by atoms with Gasteiger partial charge in [-0.15, -0.1) is 0 Å². The lowest BCUT2D eigenvalue weighted by Gasteiger charge is -2.56. The number of pyridine rings is 1. The predicted octanol–water partition coefficient (Wildman–Crippen LogP) is 4.68. The highest BCUT2D eigenvalue weighted by Gasteiger charge is 2.62. The second-order valence-corrected chi connectivity index (χ2v) is 14.6. The topological polar surface area (TPSA) is 121 Å². The number of aromatic nitrogens is 4. The van der Waals surface area contributed by atoms with Gasteiger partial charge in [0.05, 0.1) is 47.5 Å². The van der Waals surface area contributed by atoms with Crippen LogP contribution in [-0.4, -0.2) is 98.5 Å². The van der Waals surface area contributed by atoms with E-state index in [9.17, 15) is 23.2 Å². The van der Waals surface area contributed by atoms with Crippen molar-refractivity contribution in [3.63, 3.8) is 0 Å². The highest BCUT2D eigenvalue weighted by atomic mass is 19.3. The van der Waals surface area contributed by atoms with E-state index < -0.39 is 11.5 Å². The molecule has 1 spiro atoms. The van der Waals surface area contributed by atoms with Gasteiger partial charge in [-0.25, -0.2) is 8.78 Å². The van der Waals surface area contributed by atoms with Crippen molar-refractivity contribution in [3.8, 4) is 0 Å². The molecule has 0 unspecified atom stereocenters. The first-order valence-corrected chi connectivity index (χ1v) is 17.7. The van der Waals surface area contributed by atoms with Gasteiger partial charge in [0.15, 0.2) is 0 Å². The van der Waals surface area contributed by atoms with Gasteiger partial charge in [0.25, 0.3) is 23.6 Å². The SMILES string of the molecule is Cc1c(C(=O)Nc2ccc(CNC(=O)c3ccc4n3CCN(Cc3ccc(C(=O)N(C)C)cc3)C43CC(F)(F)C3)nc2)cnn1C1CCN(C)CC1. The molecule has 1 aromatic carbocycles. The van der Waals surface area contributed by atoms with Gasteiger partial charge in [-0.05, 0) is 81.9 Å². The summed E-state index contributed by atoms with van der Waals surface area (Å²) in [4.78, 5) is 49.2. The van der Waals surface area contributed by atoms with E-state index in [4.69, 9.17) is 0 Å². The number of nitrogens with one attached hydrogen (secondary N) is 2. The molecule has 3 aromatic heterocycles. The lowest BCUT2D eigenvalue weighted by atomic mass is 9.68. The molecule has 3 aliphatic rings. The Morgan fingerprint density at radius 3 is 2.31 bits per heavy atom. The van der Waals surface area contributed by atoms with Crippen molar-refractivity contribution in [3.05, 3.63) is 100 Å². The quantitative estimate of drug-likeness (QED) is 0.259. The average Bonchev–Trinajstić information content (AvgIpc) is 3.73. The molecule has 3 amide bonds. The van der Waals surface area contributed by atoms with Crippen molar-refractivity contribution in [1.82, 2.24) is 39.3 Å². The summed E-state index contributed by atoms with van der Waals surface area (Å²) in [6, 6.07) is 14.5. The molecule has 1 aliphatic carbocycles. The Balaban J connectivity index is 0.974. The van der Waals surface area contributed by atoms with Crippen LogP contribution < -0.4 is 10.6 Å². The first-order chi connectivity index (χ1) is 24.8. The summed E-state index contributed by atoms with van der Waals surface area (Å²) in [5.41, 5.74) is 4.20. The third-order valence-electron chi connectivity index (χ3n) is 10.8. The number of anilines is 1. The molecule has 14 heteroatoms. The maximum Gasteiger partial charge on any atom is 0.268 e. The van der Waals surface area contributed by atoms with Gasteiger partial charge in [-0.3, -0.25) is 28.9 Å². The average molecular weight is 714 g/mol. The number of halogens is 2. The highest BCUT2D eigenvalue weighted by molar-refractivity contribution is 6.04. The van der Waals surface area contributed by atoms with Crippen molar-refractivity contribution < 1.29 is 23.2 Å². The Kier molecular flexibility index (Phi) is 9.46. The summed E-state index contributed by atoms with van der Waals surface area (Å²) in [5, 5.41) is 10.3. The number of fused-ring (bicyclic) bond motifs is 2. The largest absolute Gasteiger partial charge is 0.345 e. The lowest BCUT2D eigenvalue weighted by molar-refractivity contribution is -0.192. The molecule has 0 atom stereocenters. The van der Waals surface area contributed by atoms with Crippen LogP contribution in [-0.2, 0) is 25.2 Å². The standard InChI is InChI=1S/C38H45F2N9O3/c1-25-31(21-43-49(25)30-13-15-46(4)16-14-30)34(50)44-29-10-9-28(41-20-29)19-42-35(51)32-11-12-33-37(23-38(39,40)24-37)47(17-18-48(32)33)22-26-5-7-27(8-6-26)36(52)45(2)3/h5-12,20-21,30H,13-19,22-24H2,1-4H3,(H,42,51)(H,44,50). The number of carbonyl (C=O) groups excluding carboxylic acids is 3. The van der Waals surface area contributed by atoms with Crippen LogP contribution in [0.2, 0.25) is 0 Å². The number of hydrogen-bond acceptors (Lipinski definition) is 7. The summed E-state index contributed by atoms with van der Waals surface area (Å²) in [6.45, 7) is 5.47. The minimum absolute atomic E-state index is 0.0992. The van der Waals surface area contributed by atoms with Crippen LogP contribution in [0.5, 0.6) is 0 Å². The van der Waals surface area contributed by atoms with Crippen LogP contribution in [0.3, 0.4) is 0 Å². The third-order valence-corrected chi connectivity index (χ3v) is 10.8. The first kappa shape index (κ1) is 35.5. The van der Waals surface area contributed by atoms with Crippen LogP contribution in [0.15, 0.2) is 60.9 Å². The van der Waals surface area contributed by atoms with E-state index in [1.54, 1.807) is 62.9 Å². The van der Waals surface area contributed by atoms with Crippen LogP contribution in [0.4, 0.5) is 14.5 Å². The molecular formula is C38H45F2N9O3. The van der Waals surface area contributed by atoms with E-state index in [1.807, 2.05) is 28.3 Å². The molecule has 274 valence electrons. The number of hydrogen-bond donors (Lipinski definition) is 2. The molecule has 1 saturated carbocycles. The zero-order chi connectivity index (χ0) is 36.8. The maximum absolute atomic E-state index is 14.6. The second kappa shape index (κ2) is 13.9. The van der Waals surface area contributed by atoms with Crippen LogP contribution in [0.1, 0.15) is 85.6 Å². The smallest absolute Gasteiger partial charge is 0.268 e. The zero-order valence-corrected chi connectivity index (χ0v) is 30.0. The van der Waals surface area contributed by atoms with Gasteiger partial charge in [-0.1, -0.05) is 12.1 Å². The van der Waals surface area contributed by atoms with E-state index in [2.05, 4.69) is 37.6 Å². The third kappa shape index (κ3) is 6.84. The van der Waals surface area contributed by atoms with Gasteiger partial charge in [0.2, 0.25) is 0 Å². The molecule has 0 bridgehead atoms. The van der Waals surface area contributed by atoms with Crippen molar-refractivity contribution >= 4 is 23.4 Å². The number of amides is 3. The van der Waals surface area contributed by atoms with E-state index >= 15 is 0 Å². The molecular weight excluding hydrogens is 668 g/mol. The lowest BCUT2D eigenvalue weighted by Crippen LogP contribution is -2.63. The second-order valence-electron chi connectivity index (χ2n) is 14.6. The molecule has 2 aliphatic heterocycles. The van der Waals surface area contributed by atoms with Gasteiger partial charge in [0.1, 0.15) is 5.69 Å². The van der Waals surface area contributed by atoms with Crippen LogP contribution >= 0.6 is 0 Å². The van der Waals surface area contributed by atoms with Gasteiger partial charge in [-0.2, -0.15) is 5.10 Å².